The summed E-state index contributed by atoms with van der Waals surface area (Å²) in [4.78, 5) is 11.1. The third-order valence-corrected chi connectivity index (χ3v) is 3.87. The van der Waals surface area contributed by atoms with Crippen molar-refractivity contribution in [3.05, 3.63) is 16.5 Å². The molecule has 5 heteroatoms. The van der Waals surface area contributed by atoms with E-state index in [0.29, 0.717) is 5.15 Å². The van der Waals surface area contributed by atoms with Crippen LogP contribution in [0.3, 0.4) is 0 Å². The minimum atomic E-state index is 0.0504. The van der Waals surface area contributed by atoms with Crippen molar-refractivity contribution < 1.29 is 0 Å². The van der Waals surface area contributed by atoms with Gasteiger partial charge in [0.05, 0.1) is 0 Å². The Morgan fingerprint density at radius 2 is 1.89 bits per heavy atom. The number of nitrogens with one attached hydrogen (secondary N) is 1. The van der Waals surface area contributed by atoms with Crippen LogP contribution in [-0.2, 0) is 6.42 Å². The first-order chi connectivity index (χ1) is 8.77. The Morgan fingerprint density at radius 1 is 1.26 bits per heavy atom. The average Bonchev–Trinajstić information content (AvgIpc) is 2.32. The van der Waals surface area contributed by atoms with Crippen molar-refractivity contribution in [2.45, 2.75) is 46.1 Å². The highest BCUT2D eigenvalue weighted by Gasteiger charge is 2.21. The Morgan fingerprint density at radius 3 is 2.42 bits per heavy atom. The standard InChI is InChI=1S/C14H25ClN4/c1-7-8-11-17-12(15)10(2)13(18-11)16-9-14(3,4)19(5)6/h7-9H2,1-6H3,(H,16,17,18). The zero-order valence-corrected chi connectivity index (χ0v) is 13.6. The molecule has 0 aliphatic rings. The summed E-state index contributed by atoms with van der Waals surface area (Å²) in [5, 5.41) is 3.94. The van der Waals surface area contributed by atoms with Gasteiger partial charge in [-0.15, -0.1) is 0 Å². The first kappa shape index (κ1) is 16.2. The van der Waals surface area contributed by atoms with Crippen LogP contribution >= 0.6 is 11.6 Å². The average molecular weight is 285 g/mol. The van der Waals surface area contributed by atoms with Crippen molar-refractivity contribution in [3.8, 4) is 0 Å². The number of aromatic nitrogens is 2. The van der Waals surface area contributed by atoms with Gasteiger partial charge in [-0.25, -0.2) is 9.97 Å². The lowest BCUT2D eigenvalue weighted by Gasteiger charge is -2.33. The van der Waals surface area contributed by atoms with Crippen LogP contribution in [0.25, 0.3) is 0 Å². The molecule has 0 fully saturated rings. The van der Waals surface area contributed by atoms with Gasteiger partial charge < -0.3 is 10.2 Å². The number of hydrogen-bond acceptors (Lipinski definition) is 4. The number of aryl methyl sites for hydroxylation is 1. The Balaban J connectivity index is 2.88. The van der Waals surface area contributed by atoms with Crippen LogP contribution in [0.2, 0.25) is 5.15 Å². The highest BCUT2D eigenvalue weighted by molar-refractivity contribution is 6.30. The van der Waals surface area contributed by atoms with Crippen molar-refractivity contribution in [1.82, 2.24) is 14.9 Å². The van der Waals surface area contributed by atoms with Crippen LogP contribution < -0.4 is 5.32 Å². The van der Waals surface area contributed by atoms with Gasteiger partial charge in [0.25, 0.3) is 0 Å². The minimum Gasteiger partial charge on any atom is -0.368 e. The fourth-order valence-electron chi connectivity index (χ4n) is 1.50. The van der Waals surface area contributed by atoms with Crippen molar-refractivity contribution in [3.63, 3.8) is 0 Å². The van der Waals surface area contributed by atoms with Gasteiger partial charge in [-0.05, 0) is 41.3 Å². The van der Waals surface area contributed by atoms with Crippen LogP contribution in [0.5, 0.6) is 0 Å². The molecule has 0 spiro atoms. The zero-order chi connectivity index (χ0) is 14.6. The summed E-state index contributed by atoms with van der Waals surface area (Å²) in [5.74, 6) is 1.65. The van der Waals surface area contributed by atoms with E-state index in [2.05, 4.69) is 55.1 Å². The lowest BCUT2D eigenvalue weighted by atomic mass is 10.0. The topological polar surface area (TPSA) is 41.1 Å². The lowest BCUT2D eigenvalue weighted by molar-refractivity contribution is 0.210. The summed E-state index contributed by atoms with van der Waals surface area (Å²) in [6, 6.07) is 0. The summed E-state index contributed by atoms with van der Waals surface area (Å²) in [6.07, 6.45) is 1.87. The van der Waals surface area contributed by atoms with Crippen LogP contribution in [0.4, 0.5) is 5.82 Å². The highest BCUT2D eigenvalue weighted by Crippen LogP contribution is 2.21. The van der Waals surface area contributed by atoms with Gasteiger partial charge in [0, 0.05) is 24.1 Å². The van der Waals surface area contributed by atoms with Crippen LogP contribution in [-0.4, -0.2) is 41.0 Å². The summed E-state index contributed by atoms with van der Waals surface area (Å²) in [6.45, 7) is 9.23. The molecule has 0 saturated carbocycles. The maximum Gasteiger partial charge on any atom is 0.137 e. The van der Waals surface area contributed by atoms with Crippen molar-refractivity contribution in [2.75, 3.05) is 26.0 Å². The molecule has 1 heterocycles. The van der Waals surface area contributed by atoms with Gasteiger partial charge in [0.2, 0.25) is 0 Å². The summed E-state index contributed by atoms with van der Waals surface area (Å²) < 4.78 is 0. The zero-order valence-electron chi connectivity index (χ0n) is 12.8. The lowest BCUT2D eigenvalue weighted by Crippen LogP contribution is -2.44. The van der Waals surface area contributed by atoms with E-state index in [9.17, 15) is 0 Å². The monoisotopic (exact) mass is 284 g/mol. The van der Waals surface area contributed by atoms with E-state index in [0.717, 1.165) is 36.6 Å². The van der Waals surface area contributed by atoms with E-state index in [4.69, 9.17) is 11.6 Å². The normalized spacial score (nSPS) is 12.0. The first-order valence-corrected chi connectivity index (χ1v) is 7.10. The van der Waals surface area contributed by atoms with Gasteiger partial charge in [0.15, 0.2) is 0 Å². The van der Waals surface area contributed by atoms with E-state index < -0.39 is 0 Å². The molecule has 0 amide bonds. The maximum atomic E-state index is 6.17. The third kappa shape index (κ3) is 4.32. The molecule has 0 atom stereocenters. The van der Waals surface area contributed by atoms with Crippen molar-refractivity contribution in [1.29, 1.82) is 0 Å². The molecule has 108 valence electrons. The Kier molecular flexibility index (Phi) is 5.56. The fourth-order valence-corrected chi connectivity index (χ4v) is 1.69. The van der Waals surface area contributed by atoms with Crippen LogP contribution in [0, 0.1) is 6.92 Å². The largest absolute Gasteiger partial charge is 0.368 e. The molecule has 1 aromatic rings. The molecule has 0 saturated heterocycles. The second kappa shape index (κ2) is 6.53. The molecule has 1 rings (SSSR count). The SMILES string of the molecule is CCCc1nc(Cl)c(C)c(NCC(C)(C)N(C)C)n1. The first-order valence-electron chi connectivity index (χ1n) is 6.72. The molecule has 0 radical (unpaired) electrons. The van der Waals surface area contributed by atoms with Gasteiger partial charge in [-0.1, -0.05) is 18.5 Å². The van der Waals surface area contributed by atoms with Gasteiger partial charge in [0.1, 0.15) is 16.8 Å². The smallest absolute Gasteiger partial charge is 0.137 e. The number of rotatable bonds is 6. The highest BCUT2D eigenvalue weighted by atomic mass is 35.5. The molecule has 0 unspecified atom stereocenters. The second-order valence-electron chi connectivity index (χ2n) is 5.71. The number of hydrogen-bond donors (Lipinski definition) is 1. The molecule has 4 nitrogen and oxygen atoms in total. The number of likely N-dealkylation sites (N-methyl/N-ethyl adjacent to an activating group) is 1. The molecular weight excluding hydrogens is 260 g/mol. The predicted octanol–water partition coefficient (Wildman–Crippen LogP) is 3.14. The molecule has 0 aromatic carbocycles. The number of anilines is 1. The number of halogens is 1. The molecule has 1 N–H and O–H groups in total. The molecular formula is C14H25ClN4. The van der Waals surface area contributed by atoms with E-state index in [-0.39, 0.29) is 5.54 Å². The van der Waals surface area contributed by atoms with Crippen molar-refractivity contribution in [2.24, 2.45) is 0 Å². The third-order valence-electron chi connectivity index (χ3n) is 3.51. The van der Waals surface area contributed by atoms with Gasteiger partial charge in [-0.2, -0.15) is 0 Å². The van der Waals surface area contributed by atoms with E-state index in [1.54, 1.807) is 0 Å². The molecule has 0 aliphatic heterocycles. The summed E-state index contributed by atoms with van der Waals surface area (Å²) in [5.41, 5.74) is 0.963. The molecule has 19 heavy (non-hydrogen) atoms. The van der Waals surface area contributed by atoms with Gasteiger partial charge in [-0.3, -0.25) is 0 Å². The molecule has 1 aromatic heterocycles. The molecule has 0 aliphatic carbocycles. The minimum absolute atomic E-state index is 0.0504. The predicted molar refractivity (Wildman–Crippen MR) is 82.0 cm³/mol. The summed E-state index contributed by atoms with van der Waals surface area (Å²) in [7, 11) is 4.15. The van der Waals surface area contributed by atoms with E-state index in [1.165, 1.54) is 0 Å². The molecule has 0 bridgehead atoms. The Bertz CT molecular complexity index is 430. The quantitative estimate of drug-likeness (QED) is 0.815. The van der Waals surface area contributed by atoms with Crippen molar-refractivity contribution >= 4 is 17.4 Å². The Labute approximate surface area is 121 Å². The Hall–Kier alpha value is -0.870. The van der Waals surface area contributed by atoms with E-state index >= 15 is 0 Å². The number of nitrogens with zero attached hydrogens (tertiary/aromatic N) is 3. The van der Waals surface area contributed by atoms with Crippen LogP contribution in [0.15, 0.2) is 0 Å². The van der Waals surface area contributed by atoms with Crippen LogP contribution in [0.1, 0.15) is 38.6 Å². The maximum absolute atomic E-state index is 6.17. The summed E-state index contributed by atoms with van der Waals surface area (Å²) >= 11 is 6.17. The van der Waals surface area contributed by atoms with Gasteiger partial charge >= 0.3 is 0 Å². The second-order valence-corrected chi connectivity index (χ2v) is 6.07. The van der Waals surface area contributed by atoms with E-state index in [1.807, 2.05) is 6.92 Å². The fraction of sp³-hybridized carbons (Fsp3) is 0.714.